The molecule has 1 aliphatic rings. The minimum Gasteiger partial charge on any atom is -0.394 e. The van der Waals surface area contributed by atoms with Gasteiger partial charge in [0.1, 0.15) is 11.9 Å². The van der Waals surface area contributed by atoms with Gasteiger partial charge in [0, 0.05) is 18.3 Å². The maximum absolute atomic E-state index is 14.0. The lowest BCUT2D eigenvalue weighted by Gasteiger charge is -2.29. The number of carbonyl (C=O) groups is 2. The second-order valence-corrected chi connectivity index (χ2v) is 8.18. The highest BCUT2D eigenvalue weighted by atomic mass is 19.1. The smallest absolute Gasteiger partial charge is 0.243 e. The molecule has 2 amide bonds. The van der Waals surface area contributed by atoms with Gasteiger partial charge in [0.05, 0.1) is 24.9 Å². The number of benzene rings is 1. The van der Waals surface area contributed by atoms with Crippen molar-refractivity contribution in [1.29, 1.82) is 0 Å². The number of nitrogens with zero attached hydrogens (tertiary/aromatic N) is 2. The summed E-state index contributed by atoms with van der Waals surface area (Å²) in [6, 6.07) is 6.64. The van der Waals surface area contributed by atoms with Crippen LogP contribution in [0.1, 0.15) is 38.3 Å². The normalized spacial score (nSPS) is 18.1. The molecule has 1 aliphatic heterocycles. The van der Waals surface area contributed by atoms with Crippen molar-refractivity contribution >= 4 is 11.8 Å². The third-order valence-electron chi connectivity index (χ3n) is 5.74. The van der Waals surface area contributed by atoms with Gasteiger partial charge in [0.25, 0.3) is 0 Å². The van der Waals surface area contributed by atoms with Crippen LogP contribution in [0.15, 0.2) is 42.7 Å². The molecule has 166 valence electrons. The van der Waals surface area contributed by atoms with Gasteiger partial charge in [-0.25, -0.2) is 4.39 Å². The minimum absolute atomic E-state index is 0.0225. The van der Waals surface area contributed by atoms with Gasteiger partial charge in [0.2, 0.25) is 11.8 Å². The van der Waals surface area contributed by atoms with Gasteiger partial charge < -0.3 is 21.1 Å². The quantitative estimate of drug-likeness (QED) is 0.625. The fraction of sp³-hybridized carbons (Fsp3) is 0.435. The van der Waals surface area contributed by atoms with Crippen LogP contribution < -0.4 is 11.1 Å². The van der Waals surface area contributed by atoms with E-state index in [-0.39, 0.29) is 24.3 Å². The molecule has 3 rings (SSSR count). The first-order valence-electron chi connectivity index (χ1n) is 10.5. The standard InChI is InChI=1S/C23H29FN4O3/c1-14(2)21(25)23(31)28-11-3-4-20(28)22(30)27-19(13-29)16-7-5-15(6-8-16)17-9-10-26-12-18(17)24/h5-10,12,14,19-21,29H,3-4,11,13,25H2,1-2H3,(H,27,30)/t19-,20-,21-/m0/s1. The number of carbonyl (C=O) groups excluding carboxylic acids is 2. The molecule has 4 N–H and O–H groups in total. The van der Waals surface area contributed by atoms with E-state index in [1.807, 2.05) is 13.8 Å². The fourth-order valence-corrected chi connectivity index (χ4v) is 3.79. The summed E-state index contributed by atoms with van der Waals surface area (Å²) >= 11 is 0. The zero-order valence-electron chi connectivity index (χ0n) is 17.8. The first kappa shape index (κ1) is 22.8. The van der Waals surface area contributed by atoms with Crippen LogP contribution in [0.2, 0.25) is 0 Å². The Hall–Kier alpha value is -2.84. The number of aliphatic hydroxyl groups excluding tert-OH is 1. The number of amides is 2. The number of nitrogens with two attached hydrogens (primary N) is 1. The number of aliphatic hydroxyl groups is 1. The predicted octanol–water partition coefficient (Wildman–Crippen LogP) is 2.01. The molecule has 3 atom stereocenters. The van der Waals surface area contributed by atoms with E-state index in [9.17, 15) is 19.1 Å². The van der Waals surface area contributed by atoms with Gasteiger partial charge in [-0.2, -0.15) is 0 Å². The molecule has 1 aromatic heterocycles. The Morgan fingerprint density at radius 2 is 2.00 bits per heavy atom. The molecule has 7 nitrogen and oxygen atoms in total. The van der Waals surface area contributed by atoms with Gasteiger partial charge >= 0.3 is 0 Å². The molecule has 1 aromatic carbocycles. The number of hydrogen-bond donors (Lipinski definition) is 3. The van der Waals surface area contributed by atoms with Crippen molar-refractivity contribution in [1.82, 2.24) is 15.2 Å². The second kappa shape index (κ2) is 9.98. The lowest BCUT2D eigenvalue weighted by Crippen LogP contribution is -2.53. The summed E-state index contributed by atoms with van der Waals surface area (Å²) in [6.07, 6.45) is 3.95. The fourth-order valence-electron chi connectivity index (χ4n) is 3.79. The van der Waals surface area contributed by atoms with Crippen LogP contribution in [-0.4, -0.2) is 52.0 Å². The molecule has 1 saturated heterocycles. The van der Waals surface area contributed by atoms with Crippen LogP contribution in [0.4, 0.5) is 4.39 Å². The number of rotatable bonds is 7. The van der Waals surface area contributed by atoms with Gasteiger partial charge in [0.15, 0.2) is 0 Å². The summed E-state index contributed by atoms with van der Waals surface area (Å²) < 4.78 is 14.0. The number of nitrogens with one attached hydrogen (secondary N) is 1. The molecule has 2 aromatic rings. The Morgan fingerprint density at radius 1 is 1.29 bits per heavy atom. The Bertz CT molecular complexity index is 919. The monoisotopic (exact) mass is 428 g/mol. The highest BCUT2D eigenvalue weighted by Gasteiger charge is 2.37. The molecule has 31 heavy (non-hydrogen) atoms. The lowest BCUT2D eigenvalue weighted by atomic mass is 10.0. The number of hydrogen-bond acceptors (Lipinski definition) is 5. The zero-order valence-corrected chi connectivity index (χ0v) is 17.8. The average molecular weight is 429 g/mol. The largest absolute Gasteiger partial charge is 0.394 e. The molecule has 2 heterocycles. The van der Waals surface area contributed by atoms with Crippen molar-refractivity contribution in [2.45, 2.75) is 44.8 Å². The van der Waals surface area contributed by atoms with Crippen LogP contribution in [0.3, 0.4) is 0 Å². The third kappa shape index (κ3) is 5.08. The summed E-state index contributed by atoms with van der Waals surface area (Å²) in [4.78, 5) is 30.9. The van der Waals surface area contributed by atoms with Crippen molar-refractivity contribution in [3.8, 4) is 11.1 Å². The summed E-state index contributed by atoms with van der Waals surface area (Å²) in [5.74, 6) is -0.986. The van der Waals surface area contributed by atoms with Crippen molar-refractivity contribution < 1.29 is 19.1 Å². The molecular weight excluding hydrogens is 399 g/mol. The molecule has 0 radical (unpaired) electrons. The highest BCUT2D eigenvalue weighted by Crippen LogP contribution is 2.25. The zero-order chi connectivity index (χ0) is 22.5. The topological polar surface area (TPSA) is 109 Å². The molecule has 0 saturated carbocycles. The molecule has 0 spiro atoms. The van der Waals surface area contributed by atoms with E-state index in [1.54, 1.807) is 35.2 Å². The summed E-state index contributed by atoms with van der Waals surface area (Å²) in [7, 11) is 0. The van der Waals surface area contributed by atoms with Crippen molar-refractivity contribution in [3.63, 3.8) is 0 Å². The van der Waals surface area contributed by atoms with Crippen LogP contribution in [0.5, 0.6) is 0 Å². The van der Waals surface area contributed by atoms with Crippen molar-refractivity contribution in [3.05, 3.63) is 54.1 Å². The molecule has 0 bridgehead atoms. The van der Waals surface area contributed by atoms with Crippen LogP contribution in [0.25, 0.3) is 11.1 Å². The Balaban J connectivity index is 1.71. The maximum atomic E-state index is 14.0. The van der Waals surface area contributed by atoms with Crippen LogP contribution in [0, 0.1) is 11.7 Å². The Kier molecular flexibility index (Phi) is 7.35. The first-order chi connectivity index (χ1) is 14.8. The average Bonchev–Trinajstić information content (AvgIpc) is 3.27. The van der Waals surface area contributed by atoms with Crippen molar-refractivity contribution in [2.75, 3.05) is 13.2 Å². The number of halogens is 1. The number of pyridine rings is 1. The first-order valence-corrected chi connectivity index (χ1v) is 10.5. The molecular formula is C23H29FN4O3. The summed E-state index contributed by atoms with van der Waals surface area (Å²) in [6.45, 7) is 3.93. The SMILES string of the molecule is CC(C)[C@H](N)C(=O)N1CCC[C@H]1C(=O)N[C@@H](CO)c1ccc(-c2ccncc2F)cc1. The molecule has 1 fully saturated rings. The van der Waals surface area contributed by atoms with Crippen molar-refractivity contribution in [2.24, 2.45) is 11.7 Å². The second-order valence-electron chi connectivity index (χ2n) is 8.18. The minimum atomic E-state index is -0.650. The third-order valence-corrected chi connectivity index (χ3v) is 5.74. The maximum Gasteiger partial charge on any atom is 0.243 e. The Labute approximate surface area is 181 Å². The van der Waals surface area contributed by atoms with E-state index < -0.39 is 23.9 Å². The van der Waals surface area contributed by atoms with E-state index in [2.05, 4.69) is 10.3 Å². The molecule has 8 heteroatoms. The Morgan fingerprint density at radius 3 is 2.61 bits per heavy atom. The van der Waals surface area contributed by atoms with Crippen LogP contribution >= 0.6 is 0 Å². The predicted molar refractivity (Wildman–Crippen MR) is 115 cm³/mol. The lowest BCUT2D eigenvalue weighted by molar-refractivity contribution is -0.140. The molecule has 0 unspecified atom stereocenters. The van der Waals surface area contributed by atoms with E-state index in [0.717, 1.165) is 12.6 Å². The van der Waals surface area contributed by atoms with E-state index >= 15 is 0 Å². The van der Waals surface area contributed by atoms with Gasteiger partial charge in [-0.1, -0.05) is 38.1 Å². The van der Waals surface area contributed by atoms with Crippen LogP contribution in [-0.2, 0) is 9.59 Å². The van der Waals surface area contributed by atoms with Gasteiger partial charge in [-0.15, -0.1) is 0 Å². The number of likely N-dealkylation sites (tertiary alicyclic amines) is 1. The van der Waals surface area contributed by atoms with E-state index in [1.165, 1.54) is 6.20 Å². The van der Waals surface area contributed by atoms with E-state index in [4.69, 9.17) is 5.73 Å². The molecule has 0 aliphatic carbocycles. The summed E-state index contributed by atoms with van der Waals surface area (Å²) in [5, 5.41) is 12.7. The number of aromatic nitrogens is 1. The van der Waals surface area contributed by atoms with Gasteiger partial charge in [-0.05, 0) is 36.0 Å². The highest BCUT2D eigenvalue weighted by molar-refractivity contribution is 5.90. The van der Waals surface area contributed by atoms with E-state index in [0.29, 0.717) is 29.7 Å². The van der Waals surface area contributed by atoms with Gasteiger partial charge in [-0.3, -0.25) is 14.6 Å². The summed E-state index contributed by atoms with van der Waals surface area (Å²) in [5.41, 5.74) is 7.78.